The minimum atomic E-state index is -0.475. The zero-order chi connectivity index (χ0) is 20.9. The lowest BCUT2D eigenvalue weighted by molar-refractivity contribution is 0.0147. The Morgan fingerprint density at radius 3 is 2.21 bits per heavy atom. The lowest BCUT2D eigenvalue weighted by Crippen LogP contribution is -2.51. The summed E-state index contributed by atoms with van der Waals surface area (Å²) in [6.45, 7) is 13.7. The summed E-state index contributed by atoms with van der Waals surface area (Å²) < 4.78 is 6.41. The minimum Gasteiger partial charge on any atom is -0.444 e. The van der Waals surface area contributed by atoms with Crippen LogP contribution in [0.1, 0.15) is 31.9 Å². The maximum absolute atomic E-state index is 12.2. The molecule has 1 aliphatic rings. The van der Waals surface area contributed by atoms with Crippen LogP contribution in [0.4, 0.5) is 15.3 Å². The number of carbonyl (C=O) groups is 2. The number of urea groups is 1. The molecule has 7 nitrogen and oxygen atoms in total. The van der Waals surface area contributed by atoms with Crippen molar-refractivity contribution in [1.29, 1.82) is 0 Å². The van der Waals surface area contributed by atoms with Gasteiger partial charge in [-0.1, -0.05) is 15.9 Å². The molecule has 2 rings (SSSR count). The van der Waals surface area contributed by atoms with Gasteiger partial charge in [0.1, 0.15) is 5.60 Å². The van der Waals surface area contributed by atoms with Crippen LogP contribution in [0.15, 0.2) is 16.6 Å². The third kappa shape index (κ3) is 6.98. The number of hydrogen-bond acceptors (Lipinski definition) is 4. The molecule has 0 atom stereocenters. The van der Waals surface area contributed by atoms with Crippen LogP contribution in [0, 0.1) is 13.8 Å². The highest BCUT2D eigenvalue weighted by Gasteiger charge is 2.25. The largest absolute Gasteiger partial charge is 0.444 e. The third-order valence-electron chi connectivity index (χ3n) is 4.47. The van der Waals surface area contributed by atoms with Crippen molar-refractivity contribution in [3.63, 3.8) is 0 Å². The number of amides is 3. The molecule has 0 spiro atoms. The summed E-state index contributed by atoms with van der Waals surface area (Å²) in [7, 11) is 0. The normalized spacial score (nSPS) is 15.3. The average molecular weight is 455 g/mol. The molecule has 0 unspecified atom stereocenters. The quantitative estimate of drug-likeness (QED) is 0.726. The smallest absolute Gasteiger partial charge is 0.410 e. The molecular weight excluding hydrogens is 424 g/mol. The molecule has 1 heterocycles. The van der Waals surface area contributed by atoms with Gasteiger partial charge in [0.2, 0.25) is 0 Å². The molecule has 1 fully saturated rings. The van der Waals surface area contributed by atoms with Gasteiger partial charge in [0.15, 0.2) is 0 Å². The van der Waals surface area contributed by atoms with Crippen LogP contribution >= 0.6 is 15.9 Å². The fraction of sp³-hybridized carbons (Fsp3) is 0.600. The second-order valence-corrected chi connectivity index (χ2v) is 9.02. The van der Waals surface area contributed by atoms with Crippen LogP contribution in [0.3, 0.4) is 0 Å². The first-order valence-electron chi connectivity index (χ1n) is 9.57. The number of hydrogen-bond donors (Lipinski definition) is 2. The minimum absolute atomic E-state index is 0.207. The van der Waals surface area contributed by atoms with E-state index in [4.69, 9.17) is 4.74 Å². The molecule has 2 N–H and O–H groups in total. The molecule has 1 saturated heterocycles. The van der Waals surface area contributed by atoms with Gasteiger partial charge < -0.3 is 20.3 Å². The van der Waals surface area contributed by atoms with Gasteiger partial charge in [0.05, 0.1) is 0 Å². The molecule has 3 amide bonds. The molecule has 0 bridgehead atoms. The topological polar surface area (TPSA) is 73.9 Å². The first-order valence-corrected chi connectivity index (χ1v) is 10.4. The van der Waals surface area contributed by atoms with Crippen LogP contribution in [0.2, 0.25) is 0 Å². The van der Waals surface area contributed by atoms with Crippen molar-refractivity contribution in [2.75, 3.05) is 44.6 Å². The summed E-state index contributed by atoms with van der Waals surface area (Å²) in [4.78, 5) is 28.3. The monoisotopic (exact) mass is 454 g/mol. The van der Waals surface area contributed by atoms with Crippen molar-refractivity contribution < 1.29 is 14.3 Å². The molecule has 1 aliphatic heterocycles. The Bertz CT molecular complexity index is 687. The van der Waals surface area contributed by atoms with Crippen molar-refractivity contribution >= 4 is 33.7 Å². The number of benzene rings is 1. The average Bonchev–Trinajstić information content (AvgIpc) is 2.57. The number of piperazine rings is 1. The van der Waals surface area contributed by atoms with E-state index in [2.05, 4.69) is 31.5 Å². The first kappa shape index (κ1) is 22.5. The van der Waals surface area contributed by atoms with E-state index < -0.39 is 5.60 Å². The Balaban J connectivity index is 1.71. The summed E-state index contributed by atoms with van der Waals surface area (Å²) in [5.74, 6) is 0. The Kier molecular flexibility index (Phi) is 7.71. The molecule has 0 radical (unpaired) electrons. The van der Waals surface area contributed by atoms with E-state index in [0.717, 1.165) is 40.9 Å². The first-order chi connectivity index (χ1) is 13.0. The standard InChI is InChI=1S/C20H31BrN4O3/c1-14-12-16(21)13-15(2)17(14)23-18(26)22-6-7-24-8-10-25(11-9-24)19(27)28-20(3,4)5/h12-13H,6-11H2,1-5H3,(H2,22,23,26). The second-order valence-electron chi connectivity index (χ2n) is 8.10. The molecular formula is C20H31BrN4O3. The predicted molar refractivity (Wildman–Crippen MR) is 115 cm³/mol. The van der Waals surface area contributed by atoms with Gasteiger partial charge in [-0.2, -0.15) is 0 Å². The van der Waals surface area contributed by atoms with Gasteiger partial charge in [0, 0.05) is 49.4 Å². The van der Waals surface area contributed by atoms with Crippen molar-refractivity contribution in [2.45, 2.75) is 40.2 Å². The van der Waals surface area contributed by atoms with Crippen molar-refractivity contribution in [3.05, 3.63) is 27.7 Å². The molecule has 1 aromatic rings. The lowest BCUT2D eigenvalue weighted by atomic mass is 10.1. The highest BCUT2D eigenvalue weighted by atomic mass is 79.9. The number of anilines is 1. The summed E-state index contributed by atoms with van der Waals surface area (Å²) >= 11 is 3.46. The van der Waals surface area contributed by atoms with E-state index >= 15 is 0 Å². The highest BCUT2D eigenvalue weighted by Crippen LogP contribution is 2.24. The lowest BCUT2D eigenvalue weighted by Gasteiger charge is -2.35. The third-order valence-corrected chi connectivity index (χ3v) is 4.93. The molecule has 0 saturated carbocycles. The molecule has 28 heavy (non-hydrogen) atoms. The number of ether oxygens (including phenoxy) is 1. The fourth-order valence-corrected chi connectivity index (χ4v) is 3.76. The van der Waals surface area contributed by atoms with Crippen LogP contribution in [-0.2, 0) is 4.74 Å². The maximum Gasteiger partial charge on any atom is 0.410 e. The van der Waals surface area contributed by atoms with E-state index in [1.807, 2.05) is 46.8 Å². The SMILES string of the molecule is Cc1cc(Br)cc(C)c1NC(=O)NCCN1CCN(C(=O)OC(C)(C)C)CC1. The van der Waals surface area contributed by atoms with Gasteiger partial charge in [0.25, 0.3) is 0 Å². The van der Waals surface area contributed by atoms with E-state index in [-0.39, 0.29) is 12.1 Å². The molecule has 0 aliphatic carbocycles. The van der Waals surface area contributed by atoms with E-state index in [9.17, 15) is 9.59 Å². The number of halogens is 1. The van der Waals surface area contributed by atoms with Crippen LogP contribution < -0.4 is 10.6 Å². The van der Waals surface area contributed by atoms with Crippen molar-refractivity contribution in [3.8, 4) is 0 Å². The molecule has 156 valence electrons. The summed E-state index contributed by atoms with van der Waals surface area (Å²) in [6.07, 6.45) is -0.259. The number of aryl methyl sites for hydroxylation is 2. The molecule has 1 aromatic carbocycles. The molecule has 0 aromatic heterocycles. The van der Waals surface area contributed by atoms with E-state index in [1.54, 1.807) is 4.90 Å². The van der Waals surface area contributed by atoms with E-state index in [1.165, 1.54) is 0 Å². The van der Waals surface area contributed by atoms with Crippen molar-refractivity contribution in [1.82, 2.24) is 15.1 Å². The van der Waals surface area contributed by atoms with Gasteiger partial charge in [-0.25, -0.2) is 9.59 Å². The van der Waals surface area contributed by atoms with Gasteiger partial charge in [-0.3, -0.25) is 4.90 Å². The van der Waals surface area contributed by atoms with Crippen LogP contribution in [0.25, 0.3) is 0 Å². The predicted octanol–water partition coefficient (Wildman–Crippen LogP) is 3.74. The zero-order valence-corrected chi connectivity index (χ0v) is 19.0. The highest BCUT2D eigenvalue weighted by molar-refractivity contribution is 9.10. The Morgan fingerprint density at radius 1 is 1.11 bits per heavy atom. The van der Waals surface area contributed by atoms with Gasteiger partial charge in [-0.05, 0) is 57.9 Å². The van der Waals surface area contributed by atoms with Gasteiger partial charge >= 0.3 is 12.1 Å². The summed E-state index contributed by atoms with van der Waals surface area (Å²) in [5, 5.41) is 5.83. The maximum atomic E-state index is 12.2. The zero-order valence-electron chi connectivity index (χ0n) is 17.4. The van der Waals surface area contributed by atoms with Crippen molar-refractivity contribution in [2.24, 2.45) is 0 Å². The Hall–Kier alpha value is -1.80. The number of carbonyl (C=O) groups excluding carboxylic acids is 2. The van der Waals surface area contributed by atoms with Crippen LogP contribution in [0.5, 0.6) is 0 Å². The Morgan fingerprint density at radius 2 is 1.68 bits per heavy atom. The van der Waals surface area contributed by atoms with Gasteiger partial charge in [-0.15, -0.1) is 0 Å². The second kappa shape index (κ2) is 9.60. The van der Waals surface area contributed by atoms with Crippen LogP contribution in [-0.4, -0.2) is 66.8 Å². The number of nitrogens with one attached hydrogen (secondary N) is 2. The summed E-state index contributed by atoms with van der Waals surface area (Å²) in [5.41, 5.74) is 2.39. The molecule has 8 heteroatoms. The number of nitrogens with zero attached hydrogens (tertiary/aromatic N) is 2. The summed E-state index contributed by atoms with van der Waals surface area (Å²) in [6, 6.07) is 3.75. The fourth-order valence-electron chi connectivity index (χ4n) is 3.07. The number of rotatable bonds is 4. The Labute approximate surface area is 175 Å². The van der Waals surface area contributed by atoms with E-state index in [0.29, 0.717) is 19.6 Å².